The van der Waals surface area contributed by atoms with Crippen LogP contribution in [0.4, 0.5) is 0 Å². The molecule has 4 nitrogen and oxygen atoms in total. The molecule has 0 aromatic heterocycles. The number of unbranched alkanes of at least 4 members (excludes halogenated alkanes) is 4. The van der Waals surface area contributed by atoms with E-state index in [1.165, 1.54) is 30.4 Å². The summed E-state index contributed by atoms with van der Waals surface area (Å²) in [5.41, 5.74) is 2.52. The molecular formula is C20H34O4S. The molecule has 1 N–H and O–H groups in total. The van der Waals surface area contributed by atoms with Crippen LogP contribution < -0.4 is 4.74 Å². The van der Waals surface area contributed by atoms with Gasteiger partial charge in [0.15, 0.2) is 0 Å². The fourth-order valence-corrected chi connectivity index (χ4v) is 3.78. The lowest BCUT2D eigenvalue weighted by Gasteiger charge is -2.21. The van der Waals surface area contributed by atoms with Gasteiger partial charge in [0, 0.05) is 0 Å². The lowest BCUT2D eigenvalue weighted by molar-refractivity contribution is 0.214. The van der Waals surface area contributed by atoms with Crippen LogP contribution in [0.5, 0.6) is 5.75 Å². The van der Waals surface area contributed by atoms with Crippen molar-refractivity contribution in [2.45, 2.75) is 84.7 Å². The molecule has 0 aliphatic rings. The molecule has 0 radical (unpaired) electrons. The molecule has 0 saturated carbocycles. The highest BCUT2D eigenvalue weighted by Crippen LogP contribution is 2.28. The lowest BCUT2D eigenvalue weighted by Crippen LogP contribution is -2.26. The zero-order valence-electron chi connectivity index (χ0n) is 16.0. The monoisotopic (exact) mass is 370 g/mol. The lowest BCUT2D eigenvalue weighted by atomic mass is 9.96. The molecule has 5 heteroatoms. The second-order valence-electron chi connectivity index (χ2n) is 6.70. The van der Waals surface area contributed by atoms with Gasteiger partial charge in [-0.25, -0.2) is 0 Å². The fraction of sp³-hybridized carbons (Fsp3) is 0.700. The molecule has 1 aromatic rings. The van der Waals surface area contributed by atoms with Crippen molar-refractivity contribution in [1.82, 2.24) is 0 Å². The molecule has 25 heavy (non-hydrogen) atoms. The number of hydrogen-bond acceptors (Lipinski definition) is 3. The quantitative estimate of drug-likeness (QED) is 0.383. The van der Waals surface area contributed by atoms with E-state index in [1.807, 2.05) is 19.1 Å². The van der Waals surface area contributed by atoms with E-state index < -0.39 is 16.2 Å². The van der Waals surface area contributed by atoms with Gasteiger partial charge in [-0.05, 0) is 49.3 Å². The third-order valence-corrected chi connectivity index (χ3v) is 5.25. The molecule has 0 heterocycles. The van der Waals surface area contributed by atoms with Crippen LogP contribution in [0.3, 0.4) is 0 Å². The topological polar surface area (TPSA) is 63.6 Å². The molecule has 0 spiro atoms. The highest BCUT2D eigenvalue weighted by molar-refractivity contribution is 7.85. The summed E-state index contributed by atoms with van der Waals surface area (Å²) in [6.07, 6.45) is 8.98. The number of rotatable bonds is 13. The minimum absolute atomic E-state index is 0.363. The molecule has 0 fully saturated rings. The largest absolute Gasteiger partial charge is 0.489 e. The van der Waals surface area contributed by atoms with Crippen LogP contribution in [-0.4, -0.2) is 24.8 Å². The van der Waals surface area contributed by atoms with Gasteiger partial charge in [-0.3, -0.25) is 4.55 Å². The molecule has 0 aliphatic carbocycles. The fourth-order valence-electron chi connectivity index (χ4n) is 3.01. The minimum Gasteiger partial charge on any atom is -0.489 e. The van der Waals surface area contributed by atoms with Crippen molar-refractivity contribution in [3.8, 4) is 5.75 Å². The van der Waals surface area contributed by atoms with E-state index in [0.717, 1.165) is 37.9 Å². The molecule has 0 bridgehead atoms. The van der Waals surface area contributed by atoms with Crippen LogP contribution in [0.1, 0.15) is 76.8 Å². The first kappa shape index (κ1) is 22.0. The third-order valence-electron chi connectivity index (χ3n) is 4.46. The molecule has 1 aromatic carbocycles. The van der Waals surface area contributed by atoms with Gasteiger partial charge in [0.25, 0.3) is 10.1 Å². The Balaban J connectivity index is 2.99. The van der Waals surface area contributed by atoms with Crippen LogP contribution in [0, 0.1) is 0 Å². The van der Waals surface area contributed by atoms with Crippen LogP contribution in [0.2, 0.25) is 0 Å². The van der Waals surface area contributed by atoms with E-state index in [4.69, 9.17) is 9.29 Å². The van der Waals surface area contributed by atoms with Gasteiger partial charge >= 0.3 is 0 Å². The molecular weight excluding hydrogens is 336 g/mol. The summed E-state index contributed by atoms with van der Waals surface area (Å²) in [4.78, 5) is 0. The van der Waals surface area contributed by atoms with Crippen molar-refractivity contribution in [3.05, 3.63) is 29.3 Å². The van der Waals surface area contributed by atoms with Gasteiger partial charge in [0.05, 0.1) is 0 Å². The van der Waals surface area contributed by atoms with Crippen molar-refractivity contribution in [1.29, 1.82) is 0 Å². The number of hydrogen-bond donors (Lipinski definition) is 1. The standard InChI is InChI=1S/C20H34O4S/c1-4-7-9-12-17-13-11-15-20(19(17)14-10-8-5-2)24-18(6-3)16-25(21,22)23/h11,13,15,18H,4-10,12,14,16H2,1-3H3,(H,21,22,23). The average Bonchev–Trinajstić information content (AvgIpc) is 2.55. The SMILES string of the molecule is CCCCCc1cccc(OC(CC)CS(=O)(=O)O)c1CCCCC. The summed E-state index contributed by atoms with van der Waals surface area (Å²) in [6, 6.07) is 6.07. The first-order valence-corrected chi connectivity index (χ1v) is 11.2. The normalized spacial score (nSPS) is 13.0. The molecule has 1 rings (SSSR count). The summed E-state index contributed by atoms with van der Waals surface area (Å²) >= 11 is 0. The van der Waals surface area contributed by atoms with Crippen molar-refractivity contribution >= 4 is 10.1 Å². The number of aryl methyl sites for hydroxylation is 1. The summed E-state index contributed by atoms with van der Waals surface area (Å²) in [5, 5.41) is 0. The van der Waals surface area contributed by atoms with Gasteiger partial charge < -0.3 is 4.74 Å². The predicted molar refractivity (Wildman–Crippen MR) is 104 cm³/mol. The van der Waals surface area contributed by atoms with Gasteiger partial charge in [0.2, 0.25) is 0 Å². The Bertz CT molecular complexity index is 596. The Labute approximate surface area is 153 Å². The summed E-state index contributed by atoms with van der Waals surface area (Å²) in [6.45, 7) is 6.25. The van der Waals surface area contributed by atoms with E-state index in [0.29, 0.717) is 6.42 Å². The second kappa shape index (κ2) is 11.5. The highest BCUT2D eigenvalue weighted by atomic mass is 32.2. The first-order valence-electron chi connectivity index (χ1n) is 9.63. The zero-order valence-corrected chi connectivity index (χ0v) is 16.8. The second-order valence-corrected chi connectivity index (χ2v) is 8.20. The maximum Gasteiger partial charge on any atom is 0.268 e. The van der Waals surface area contributed by atoms with Crippen molar-refractivity contribution in [2.75, 3.05) is 5.75 Å². The average molecular weight is 371 g/mol. The van der Waals surface area contributed by atoms with E-state index in [2.05, 4.69) is 19.9 Å². The van der Waals surface area contributed by atoms with Crippen LogP contribution in [0.25, 0.3) is 0 Å². The third kappa shape index (κ3) is 8.73. The number of ether oxygens (including phenoxy) is 1. The zero-order chi connectivity index (χ0) is 18.7. The summed E-state index contributed by atoms with van der Waals surface area (Å²) in [7, 11) is -4.04. The maximum atomic E-state index is 11.2. The Morgan fingerprint density at radius 2 is 1.64 bits per heavy atom. The van der Waals surface area contributed by atoms with Crippen molar-refractivity contribution in [3.63, 3.8) is 0 Å². The molecule has 0 aliphatic heterocycles. The molecule has 0 amide bonds. The van der Waals surface area contributed by atoms with E-state index in [1.54, 1.807) is 0 Å². The molecule has 1 atom stereocenters. The maximum absolute atomic E-state index is 11.2. The van der Waals surface area contributed by atoms with Gasteiger partial charge in [-0.1, -0.05) is 58.6 Å². The Morgan fingerprint density at radius 3 is 2.20 bits per heavy atom. The van der Waals surface area contributed by atoms with E-state index in [-0.39, 0.29) is 5.75 Å². The number of benzene rings is 1. The minimum atomic E-state index is -4.04. The molecule has 144 valence electrons. The predicted octanol–water partition coefficient (Wildman–Crippen LogP) is 5.20. The van der Waals surface area contributed by atoms with Crippen molar-refractivity contribution < 1.29 is 17.7 Å². The highest BCUT2D eigenvalue weighted by Gasteiger charge is 2.19. The summed E-state index contributed by atoms with van der Waals surface area (Å²) in [5.74, 6) is 0.415. The van der Waals surface area contributed by atoms with Gasteiger partial charge in [0.1, 0.15) is 17.6 Å². The van der Waals surface area contributed by atoms with E-state index in [9.17, 15) is 8.42 Å². The van der Waals surface area contributed by atoms with E-state index >= 15 is 0 Å². The Kier molecular flexibility index (Phi) is 10.1. The van der Waals surface area contributed by atoms with Crippen LogP contribution in [-0.2, 0) is 23.0 Å². The van der Waals surface area contributed by atoms with Crippen molar-refractivity contribution in [2.24, 2.45) is 0 Å². The van der Waals surface area contributed by atoms with Crippen LogP contribution >= 0.6 is 0 Å². The first-order chi connectivity index (χ1) is 11.9. The van der Waals surface area contributed by atoms with Gasteiger partial charge in [-0.15, -0.1) is 0 Å². The summed E-state index contributed by atoms with van der Waals surface area (Å²) < 4.78 is 37.5. The molecule has 0 saturated heterocycles. The molecule has 1 unspecified atom stereocenters. The van der Waals surface area contributed by atoms with Gasteiger partial charge in [-0.2, -0.15) is 8.42 Å². The Hall–Kier alpha value is -1.07. The smallest absolute Gasteiger partial charge is 0.268 e. The Morgan fingerprint density at radius 1 is 1.00 bits per heavy atom. The van der Waals surface area contributed by atoms with Crippen LogP contribution in [0.15, 0.2) is 18.2 Å².